The average molecular weight is 509 g/mol. The molecule has 0 radical (unpaired) electrons. The normalized spacial score (nSPS) is 11.9. The van der Waals surface area contributed by atoms with Crippen LogP contribution in [0.5, 0.6) is 11.5 Å². The van der Waals surface area contributed by atoms with Crippen molar-refractivity contribution < 1.29 is 19.1 Å². The number of ether oxygens (including phenoxy) is 2. The van der Waals surface area contributed by atoms with Crippen LogP contribution in [0.2, 0.25) is 5.02 Å². The highest BCUT2D eigenvalue weighted by Crippen LogP contribution is 2.20. The van der Waals surface area contributed by atoms with Crippen LogP contribution >= 0.6 is 11.6 Å². The van der Waals surface area contributed by atoms with Crippen molar-refractivity contribution in [1.82, 2.24) is 10.2 Å². The number of nitrogens with one attached hydrogen (secondary N) is 1. The second-order valence-corrected chi connectivity index (χ2v) is 9.99. The van der Waals surface area contributed by atoms with Gasteiger partial charge in [-0.2, -0.15) is 0 Å². The van der Waals surface area contributed by atoms with Crippen molar-refractivity contribution in [2.24, 2.45) is 0 Å². The van der Waals surface area contributed by atoms with Gasteiger partial charge in [0.15, 0.2) is 6.61 Å². The van der Waals surface area contributed by atoms with Gasteiger partial charge in [-0.05, 0) is 68.3 Å². The molecule has 2 amide bonds. The highest BCUT2D eigenvalue weighted by molar-refractivity contribution is 6.30. The van der Waals surface area contributed by atoms with Crippen molar-refractivity contribution in [1.29, 1.82) is 0 Å². The molecule has 1 atom stereocenters. The van der Waals surface area contributed by atoms with Crippen molar-refractivity contribution in [2.45, 2.75) is 45.3 Å². The van der Waals surface area contributed by atoms with E-state index >= 15 is 0 Å². The van der Waals surface area contributed by atoms with E-state index in [9.17, 15) is 9.59 Å². The van der Waals surface area contributed by atoms with Gasteiger partial charge in [0.1, 0.15) is 17.5 Å². The van der Waals surface area contributed by atoms with Gasteiger partial charge in [0.2, 0.25) is 5.91 Å². The van der Waals surface area contributed by atoms with Gasteiger partial charge in [-0.3, -0.25) is 9.59 Å². The lowest BCUT2D eigenvalue weighted by Crippen LogP contribution is -2.55. The molecule has 0 aliphatic rings. The van der Waals surface area contributed by atoms with Gasteiger partial charge in [0.25, 0.3) is 5.91 Å². The summed E-state index contributed by atoms with van der Waals surface area (Å²) in [5, 5.41) is 3.65. The van der Waals surface area contributed by atoms with Crippen LogP contribution < -0.4 is 14.8 Å². The first-order valence-electron chi connectivity index (χ1n) is 11.8. The highest BCUT2D eigenvalue weighted by Gasteiger charge is 2.32. The number of amides is 2. The summed E-state index contributed by atoms with van der Waals surface area (Å²) in [6.45, 7) is 5.78. The van der Waals surface area contributed by atoms with E-state index < -0.39 is 11.6 Å². The first-order chi connectivity index (χ1) is 17.1. The molecular formula is C29H33ClN2O4. The van der Waals surface area contributed by atoms with E-state index in [4.69, 9.17) is 21.1 Å². The maximum atomic E-state index is 13.6. The SMILES string of the molecule is COc1ccc(OCC(=O)N(Cc2ccc(Cl)cc2)[C@H](Cc2ccccc2)C(=O)NC(C)(C)C)cc1. The number of carbonyl (C=O) groups excluding carboxylic acids is 2. The van der Waals surface area contributed by atoms with E-state index in [1.807, 2.05) is 63.2 Å². The number of benzene rings is 3. The molecule has 6 nitrogen and oxygen atoms in total. The average Bonchev–Trinajstić information content (AvgIpc) is 2.85. The predicted octanol–water partition coefficient (Wildman–Crippen LogP) is 5.28. The Morgan fingerprint density at radius 3 is 2.08 bits per heavy atom. The Bertz CT molecular complexity index is 1130. The number of halogens is 1. The Morgan fingerprint density at radius 1 is 0.889 bits per heavy atom. The van der Waals surface area contributed by atoms with Gasteiger partial charge in [-0.1, -0.05) is 54.1 Å². The number of methoxy groups -OCH3 is 1. The molecule has 0 saturated carbocycles. The largest absolute Gasteiger partial charge is 0.497 e. The minimum Gasteiger partial charge on any atom is -0.497 e. The van der Waals surface area contributed by atoms with Crippen molar-refractivity contribution in [3.8, 4) is 11.5 Å². The zero-order valence-electron chi connectivity index (χ0n) is 21.2. The second kappa shape index (κ2) is 12.5. The Kier molecular flexibility index (Phi) is 9.37. The van der Waals surface area contributed by atoms with Crippen LogP contribution in [-0.2, 0) is 22.6 Å². The molecule has 0 aromatic heterocycles. The Balaban J connectivity index is 1.90. The van der Waals surface area contributed by atoms with Crippen LogP contribution in [0, 0.1) is 0 Å². The van der Waals surface area contributed by atoms with Gasteiger partial charge in [0, 0.05) is 23.5 Å². The van der Waals surface area contributed by atoms with Crippen LogP contribution in [0.4, 0.5) is 0 Å². The van der Waals surface area contributed by atoms with Gasteiger partial charge in [-0.15, -0.1) is 0 Å². The van der Waals surface area contributed by atoms with Crippen molar-refractivity contribution in [3.63, 3.8) is 0 Å². The summed E-state index contributed by atoms with van der Waals surface area (Å²) in [5.74, 6) is 0.707. The van der Waals surface area contributed by atoms with E-state index in [-0.39, 0.29) is 25.0 Å². The lowest BCUT2D eigenvalue weighted by Gasteiger charge is -2.33. The predicted molar refractivity (Wildman–Crippen MR) is 142 cm³/mol. The van der Waals surface area contributed by atoms with Crippen LogP contribution in [0.3, 0.4) is 0 Å². The highest BCUT2D eigenvalue weighted by atomic mass is 35.5. The van der Waals surface area contributed by atoms with Gasteiger partial charge < -0.3 is 19.7 Å². The minimum absolute atomic E-state index is 0.214. The summed E-state index contributed by atoms with van der Waals surface area (Å²) in [7, 11) is 1.59. The summed E-state index contributed by atoms with van der Waals surface area (Å²) in [6, 6.07) is 23.2. The quantitative estimate of drug-likeness (QED) is 0.404. The third kappa shape index (κ3) is 8.31. The number of hydrogen-bond acceptors (Lipinski definition) is 4. The Hall–Kier alpha value is -3.51. The first-order valence-corrected chi connectivity index (χ1v) is 12.2. The van der Waals surface area contributed by atoms with E-state index in [2.05, 4.69) is 5.32 Å². The fourth-order valence-corrected chi connectivity index (χ4v) is 3.82. The fraction of sp³-hybridized carbons (Fsp3) is 0.310. The molecule has 0 saturated heterocycles. The van der Waals surface area contributed by atoms with Crippen molar-refractivity contribution in [2.75, 3.05) is 13.7 Å². The zero-order valence-corrected chi connectivity index (χ0v) is 21.9. The van der Waals surface area contributed by atoms with Crippen LogP contribution in [0.25, 0.3) is 0 Å². The molecule has 0 bridgehead atoms. The van der Waals surface area contributed by atoms with Crippen molar-refractivity contribution in [3.05, 3.63) is 95.0 Å². The maximum absolute atomic E-state index is 13.6. The third-order valence-electron chi connectivity index (χ3n) is 5.46. The van der Waals surface area contributed by atoms with Crippen molar-refractivity contribution >= 4 is 23.4 Å². The number of hydrogen-bond donors (Lipinski definition) is 1. The topological polar surface area (TPSA) is 67.9 Å². The summed E-state index contributed by atoms with van der Waals surface area (Å²) in [4.78, 5) is 28.7. The fourth-order valence-electron chi connectivity index (χ4n) is 3.69. The van der Waals surface area contributed by atoms with E-state index in [1.165, 1.54) is 0 Å². The molecule has 7 heteroatoms. The van der Waals surface area contributed by atoms with E-state index in [1.54, 1.807) is 48.4 Å². The summed E-state index contributed by atoms with van der Waals surface area (Å²) < 4.78 is 11.0. The van der Waals surface area contributed by atoms with Crippen LogP contribution in [-0.4, -0.2) is 42.0 Å². The molecule has 190 valence electrons. The molecular weight excluding hydrogens is 476 g/mol. The summed E-state index contributed by atoms with van der Waals surface area (Å²) in [6.07, 6.45) is 0.366. The molecule has 0 spiro atoms. The number of nitrogens with zero attached hydrogens (tertiary/aromatic N) is 1. The maximum Gasteiger partial charge on any atom is 0.261 e. The molecule has 36 heavy (non-hydrogen) atoms. The van der Waals surface area contributed by atoms with Gasteiger partial charge in [0.05, 0.1) is 7.11 Å². The summed E-state index contributed by atoms with van der Waals surface area (Å²) in [5.41, 5.74) is 1.36. The van der Waals surface area contributed by atoms with E-state index in [0.717, 1.165) is 11.1 Å². The zero-order chi connectivity index (χ0) is 26.1. The molecule has 0 fully saturated rings. The van der Waals surface area contributed by atoms with Crippen LogP contribution in [0.1, 0.15) is 31.9 Å². The molecule has 3 rings (SSSR count). The second-order valence-electron chi connectivity index (χ2n) is 9.56. The monoisotopic (exact) mass is 508 g/mol. The molecule has 3 aromatic carbocycles. The number of rotatable bonds is 10. The summed E-state index contributed by atoms with van der Waals surface area (Å²) >= 11 is 6.07. The molecule has 0 unspecified atom stereocenters. The molecule has 0 aliphatic carbocycles. The number of carbonyl (C=O) groups is 2. The lowest BCUT2D eigenvalue weighted by molar-refractivity contribution is -0.143. The van der Waals surface area contributed by atoms with Gasteiger partial charge >= 0.3 is 0 Å². The Morgan fingerprint density at radius 2 is 1.50 bits per heavy atom. The lowest BCUT2D eigenvalue weighted by atomic mass is 10.0. The van der Waals surface area contributed by atoms with Gasteiger partial charge in [-0.25, -0.2) is 0 Å². The molecule has 0 aliphatic heterocycles. The third-order valence-corrected chi connectivity index (χ3v) is 5.71. The smallest absolute Gasteiger partial charge is 0.261 e. The Labute approximate surface area is 218 Å². The molecule has 3 aromatic rings. The minimum atomic E-state index is -0.741. The first kappa shape index (κ1) is 27.1. The van der Waals surface area contributed by atoms with E-state index in [0.29, 0.717) is 22.9 Å². The van der Waals surface area contributed by atoms with Crippen LogP contribution in [0.15, 0.2) is 78.9 Å². The molecule has 0 heterocycles. The standard InChI is InChI=1S/C29H33ClN2O4/c1-29(2,3)31-28(34)26(18-21-8-6-5-7-9-21)32(19-22-10-12-23(30)13-11-22)27(33)20-36-25-16-14-24(35-4)15-17-25/h5-17,26H,18-20H2,1-4H3,(H,31,34)/t26-/m1/s1. The molecule has 1 N–H and O–H groups in total.